The molecule has 0 radical (unpaired) electrons. The van der Waals surface area contributed by atoms with Crippen molar-refractivity contribution in [2.75, 3.05) is 23.3 Å². The monoisotopic (exact) mass is 304 g/mol. The van der Waals surface area contributed by atoms with Gasteiger partial charge in [-0.1, -0.05) is 6.92 Å². The Hall–Kier alpha value is -1.36. The number of hydrogen-bond acceptors (Lipinski definition) is 5. The second kappa shape index (κ2) is 6.18. The van der Waals surface area contributed by atoms with E-state index in [1.54, 1.807) is 11.3 Å². The second-order valence-corrected chi connectivity index (χ2v) is 6.96. The Labute approximate surface area is 130 Å². The van der Waals surface area contributed by atoms with Gasteiger partial charge in [0.2, 0.25) is 5.95 Å². The van der Waals surface area contributed by atoms with Crippen molar-refractivity contribution >= 4 is 33.3 Å². The molecule has 4 nitrogen and oxygen atoms in total. The van der Waals surface area contributed by atoms with Crippen molar-refractivity contribution in [3.05, 3.63) is 10.9 Å². The van der Waals surface area contributed by atoms with Crippen LogP contribution in [0.15, 0.2) is 6.07 Å². The molecule has 114 valence electrons. The fourth-order valence-corrected chi connectivity index (χ4v) is 4.06. The van der Waals surface area contributed by atoms with Crippen molar-refractivity contribution < 1.29 is 0 Å². The number of nitrogens with one attached hydrogen (secondary N) is 1. The molecule has 2 aromatic rings. The predicted octanol–water partition coefficient (Wildman–Crippen LogP) is 4.20. The van der Waals surface area contributed by atoms with Crippen LogP contribution in [0, 0.1) is 6.92 Å². The molecule has 1 aliphatic heterocycles. The molecule has 1 atom stereocenters. The topological polar surface area (TPSA) is 41.1 Å². The van der Waals surface area contributed by atoms with Gasteiger partial charge in [0.05, 0.1) is 5.39 Å². The maximum Gasteiger partial charge on any atom is 0.226 e. The van der Waals surface area contributed by atoms with Gasteiger partial charge >= 0.3 is 0 Å². The number of aromatic nitrogens is 2. The second-order valence-electron chi connectivity index (χ2n) is 5.73. The molecule has 3 heterocycles. The molecular formula is C16H24N4S. The Bertz CT molecular complexity index is 622. The Kier molecular flexibility index (Phi) is 4.29. The SMILES string of the molecule is CCNc1nc(N2CCCCC2CC)c2cc(C)sc2n1. The van der Waals surface area contributed by atoms with Crippen LogP contribution in [-0.2, 0) is 0 Å². The minimum atomic E-state index is 0.617. The van der Waals surface area contributed by atoms with E-state index in [2.05, 4.69) is 42.0 Å². The molecule has 21 heavy (non-hydrogen) atoms. The zero-order valence-corrected chi connectivity index (χ0v) is 14.0. The quantitative estimate of drug-likeness (QED) is 0.919. The third kappa shape index (κ3) is 2.84. The molecule has 2 aromatic heterocycles. The van der Waals surface area contributed by atoms with Gasteiger partial charge in [-0.15, -0.1) is 11.3 Å². The molecule has 0 aliphatic carbocycles. The highest BCUT2D eigenvalue weighted by Crippen LogP contribution is 2.35. The normalized spacial score (nSPS) is 19.2. The van der Waals surface area contributed by atoms with Crippen LogP contribution < -0.4 is 10.2 Å². The van der Waals surface area contributed by atoms with Crippen LogP contribution in [0.3, 0.4) is 0 Å². The van der Waals surface area contributed by atoms with Gasteiger partial charge < -0.3 is 10.2 Å². The summed E-state index contributed by atoms with van der Waals surface area (Å²) in [5, 5.41) is 4.50. The molecule has 3 rings (SSSR count). The Morgan fingerprint density at radius 2 is 2.19 bits per heavy atom. The van der Waals surface area contributed by atoms with E-state index in [4.69, 9.17) is 4.98 Å². The summed E-state index contributed by atoms with van der Waals surface area (Å²) in [5.74, 6) is 1.90. The highest BCUT2D eigenvalue weighted by atomic mass is 32.1. The number of piperidine rings is 1. The number of anilines is 2. The van der Waals surface area contributed by atoms with Crippen molar-refractivity contribution in [3.63, 3.8) is 0 Å². The van der Waals surface area contributed by atoms with Crippen molar-refractivity contribution in [1.82, 2.24) is 9.97 Å². The minimum absolute atomic E-state index is 0.617. The van der Waals surface area contributed by atoms with Crippen molar-refractivity contribution in [2.24, 2.45) is 0 Å². The zero-order chi connectivity index (χ0) is 14.8. The van der Waals surface area contributed by atoms with E-state index >= 15 is 0 Å². The van der Waals surface area contributed by atoms with Gasteiger partial charge in [-0.3, -0.25) is 0 Å². The maximum atomic E-state index is 4.84. The number of fused-ring (bicyclic) bond motifs is 1. The van der Waals surface area contributed by atoms with Crippen molar-refractivity contribution in [2.45, 2.75) is 52.5 Å². The first-order chi connectivity index (χ1) is 10.2. The van der Waals surface area contributed by atoms with Crippen LogP contribution in [0.2, 0.25) is 0 Å². The van der Waals surface area contributed by atoms with Crippen LogP contribution in [0.1, 0.15) is 44.4 Å². The number of aryl methyl sites for hydroxylation is 1. The van der Waals surface area contributed by atoms with Crippen LogP contribution >= 0.6 is 11.3 Å². The fourth-order valence-electron chi connectivity index (χ4n) is 3.19. The summed E-state index contributed by atoms with van der Waals surface area (Å²) in [5.41, 5.74) is 0. The highest BCUT2D eigenvalue weighted by Gasteiger charge is 2.25. The van der Waals surface area contributed by atoms with Crippen molar-refractivity contribution in [1.29, 1.82) is 0 Å². The first-order valence-corrected chi connectivity index (χ1v) is 8.83. The van der Waals surface area contributed by atoms with E-state index in [0.29, 0.717) is 6.04 Å². The third-order valence-corrected chi connectivity index (χ3v) is 5.15. The smallest absolute Gasteiger partial charge is 0.226 e. The number of nitrogens with zero attached hydrogens (tertiary/aromatic N) is 3. The molecule has 1 aliphatic rings. The predicted molar refractivity (Wildman–Crippen MR) is 91.6 cm³/mol. The summed E-state index contributed by atoms with van der Waals surface area (Å²) >= 11 is 1.76. The fraction of sp³-hybridized carbons (Fsp3) is 0.625. The molecule has 1 fully saturated rings. The van der Waals surface area contributed by atoms with E-state index in [-0.39, 0.29) is 0 Å². The van der Waals surface area contributed by atoms with Gasteiger partial charge in [-0.2, -0.15) is 4.98 Å². The Balaban J connectivity index is 2.09. The first-order valence-electron chi connectivity index (χ1n) is 8.01. The molecule has 5 heteroatoms. The molecular weight excluding hydrogens is 280 g/mol. The summed E-state index contributed by atoms with van der Waals surface area (Å²) in [7, 11) is 0. The lowest BCUT2D eigenvalue weighted by atomic mass is 10.00. The van der Waals surface area contributed by atoms with E-state index in [1.165, 1.54) is 35.9 Å². The molecule has 0 aromatic carbocycles. The van der Waals surface area contributed by atoms with Gasteiger partial charge in [0, 0.05) is 24.0 Å². The zero-order valence-electron chi connectivity index (χ0n) is 13.1. The van der Waals surface area contributed by atoms with Crippen LogP contribution in [-0.4, -0.2) is 29.1 Å². The van der Waals surface area contributed by atoms with Gasteiger partial charge in [0.1, 0.15) is 10.6 Å². The van der Waals surface area contributed by atoms with E-state index in [9.17, 15) is 0 Å². The molecule has 0 bridgehead atoms. The summed E-state index contributed by atoms with van der Waals surface area (Å²) in [4.78, 5) is 14.4. The summed E-state index contributed by atoms with van der Waals surface area (Å²) in [6.07, 6.45) is 5.07. The van der Waals surface area contributed by atoms with E-state index in [1.807, 2.05) is 0 Å². The average Bonchev–Trinajstić information content (AvgIpc) is 2.87. The molecule has 0 saturated carbocycles. The lowest BCUT2D eigenvalue weighted by Gasteiger charge is -2.36. The van der Waals surface area contributed by atoms with Gasteiger partial charge in [0.15, 0.2) is 0 Å². The lowest BCUT2D eigenvalue weighted by molar-refractivity contribution is 0.448. The number of rotatable bonds is 4. The van der Waals surface area contributed by atoms with Gasteiger partial charge in [-0.05, 0) is 45.6 Å². The van der Waals surface area contributed by atoms with Crippen molar-refractivity contribution in [3.8, 4) is 0 Å². The van der Waals surface area contributed by atoms with Crippen LogP contribution in [0.25, 0.3) is 10.2 Å². The third-order valence-electron chi connectivity index (χ3n) is 4.20. The standard InChI is InChI=1S/C16H24N4S/c1-4-12-8-6-7-9-20(12)14-13-10-11(3)21-15(13)19-16(18-14)17-5-2/h10,12H,4-9H2,1-3H3,(H,17,18,19). The Morgan fingerprint density at radius 1 is 1.33 bits per heavy atom. The molecule has 1 saturated heterocycles. The van der Waals surface area contributed by atoms with E-state index in [0.717, 1.165) is 29.7 Å². The largest absolute Gasteiger partial charge is 0.354 e. The summed E-state index contributed by atoms with van der Waals surface area (Å²) in [6, 6.07) is 2.86. The van der Waals surface area contributed by atoms with Crippen LogP contribution in [0.5, 0.6) is 0 Å². The van der Waals surface area contributed by atoms with E-state index < -0.39 is 0 Å². The number of hydrogen-bond donors (Lipinski definition) is 1. The molecule has 1 N–H and O–H groups in total. The molecule has 0 amide bonds. The maximum absolute atomic E-state index is 4.84. The lowest BCUT2D eigenvalue weighted by Crippen LogP contribution is -2.39. The highest BCUT2D eigenvalue weighted by molar-refractivity contribution is 7.18. The first kappa shape index (κ1) is 14.6. The van der Waals surface area contributed by atoms with Gasteiger partial charge in [0.25, 0.3) is 0 Å². The van der Waals surface area contributed by atoms with Crippen LogP contribution in [0.4, 0.5) is 11.8 Å². The van der Waals surface area contributed by atoms with Gasteiger partial charge in [-0.25, -0.2) is 4.98 Å². The summed E-state index contributed by atoms with van der Waals surface area (Å²) in [6.45, 7) is 8.49. The average molecular weight is 304 g/mol. The molecule has 0 spiro atoms. The minimum Gasteiger partial charge on any atom is -0.354 e. The molecule has 1 unspecified atom stereocenters. The summed E-state index contributed by atoms with van der Waals surface area (Å²) < 4.78 is 0. The number of thiophene rings is 1. The Morgan fingerprint density at radius 3 is 2.95 bits per heavy atom.